The summed E-state index contributed by atoms with van der Waals surface area (Å²) in [5, 5.41) is 6.08. The normalized spacial score (nSPS) is 10.5. The highest BCUT2D eigenvalue weighted by Crippen LogP contribution is 2.11. The van der Waals surface area contributed by atoms with Gasteiger partial charge < -0.3 is 0 Å². The Morgan fingerprint density at radius 3 is 2.71 bits per heavy atom. The van der Waals surface area contributed by atoms with E-state index in [1.807, 2.05) is 0 Å². The first-order chi connectivity index (χ1) is 8.06. The first-order valence-electron chi connectivity index (χ1n) is 5.05. The molecule has 17 heavy (non-hydrogen) atoms. The first-order valence-corrected chi connectivity index (χ1v) is 5.05. The molecule has 0 saturated carbocycles. The summed E-state index contributed by atoms with van der Waals surface area (Å²) in [4.78, 5) is 11.4. The van der Waals surface area contributed by atoms with E-state index < -0.39 is 11.6 Å². The van der Waals surface area contributed by atoms with Crippen LogP contribution in [0.4, 0.5) is 8.78 Å². The van der Waals surface area contributed by atoms with Crippen LogP contribution in [0.25, 0.3) is 0 Å². The summed E-state index contributed by atoms with van der Waals surface area (Å²) < 4.78 is 25.7. The topological polar surface area (TPSA) is 45.8 Å². The summed E-state index contributed by atoms with van der Waals surface area (Å²) in [5.41, 5.74) is 1.37. The van der Waals surface area contributed by atoms with E-state index in [4.69, 9.17) is 0 Å². The van der Waals surface area contributed by atoms with E-state index in [2.05, 4.69) is 10.2 Å². The SMILES string of the molecule is Cc1cc(Cc2ccc(F)c(F)c2)c(=O)[nH]n1. The van der Waals surface area contributed by atoms with E-state index in [0.717, 1.165) is 12.1 Å². The number of aromatic amines is 1. The van der Waals surface area contributed by atoms with Gasteiger partial charge in [0.1, 0.15) is 0 Å². The molecular formula is C12H10F2N2O. The highest BCUT2D eigenvalue weighted by Gasteiger charge is 2.06. The molecule has 0 aliphatic carbocycles. The number of hydrogen-bond acceptors (Lipinski definition) is 2. The number of nitrogens with zero attached hydrogens (tertiary/aromatic N) is 1. The summed E-state index contributed by atoms with van der Waals surface area (Å²) in [6.45, 7) is 1.74. The van der Waals surface area contributed by atoms with Gasteiger partial charge in [0.05, 0.1) is 5.69 Å². The molecule has 3 nitrogen and oxygen atoms in total. The van der Waals surface area contributed by atoms with Crippen LogP contribution in [0.3, 0.4) is 0 Å². The van der Waals surface area contributed by atoms with Gasteiger partial charge in [-0.2, -0.15) is 5.10 Å². The molecule has 5 heteroatoms. The minimum Gasteiger partial charge on any atom is -0.268 e. The van der Waals surface area contributed by atoms with Gasteiger partial charge in [0.15, 0.2) is 11.6 Å². The number of H-pyrrole nitrogens is 1. The molecule has 0 saturated heterocycles. The van der Waals surface area contributed by atoms with Crippen LogP contribution < -0.4 is 5.56 Å². The molecule has 0 bridgehead atoms. The molecule has 0 atom stereocenters. The molecule has 1 heterocycles. The average molecular weight is 236 g/mol. The van der Waals surface area contributed by atoms with Crippen molar-refractivity contribution in [2.75, 3.05) is 0 Å². The molecule has 0 aliphatic rings. The number of aromatic nitrogens is 2. The highest BCUT2D eigenvalue weighted by molar-refractivity contribution is 5.25. The molecule has 0 radical (unpaired) electrons. The van der Waals surface area contributed by atoms with E-state index in [1.54, 1.807) is 13.0 Å². The van der Waals surface area contributed by atoms with Crippen LogP contribution >= 0.6 is 0 Å². The van der Waals surface area contributed by atoms with Gasteiger partial charge in [0, 0.05) is 12.0 Å². The lowest BCUT2D eigenvalue weighted by atomic mass is 10.1. The zero-order chi connectivity index (χ0) is 12.4. The Morgan fingerprint density at radius 1 is 1.24 bits per heavy atom. The Bertz CT molecular complexity index is 608. The summed E-state index contributed by atoms with van der Waals surface area (Å²) in [5.74, 6) is -1.81. The molecule has 1 aromatic carbocycles. The smallest absolute Gasteiger partial charge is 0.267 e. The maximum Gasteiger partial charge on any atom is 0.267 e. The van der Waals surface area contributed by atoms with Crippen molar-refractivity contribution in [3.63, 3.8) is 0 Å². The van der Waals surface area contributed by atoms with Crippen molar-refractivity contribution in [3.05, 3.63) is 63.1 Å². The largest absolute Gasteiger partial charge is 0.268 e. The van der Waals surface area contributed by atoms with Crippen LogP contribution in [0.5, 0.6) is 0 Å². The lowest BCUT2D eigenvalue weighted by Gasteiger charge is -2.02. The fourth-order valence-electron chi connectivity index (χ4n) is 1.56. The molecule has 0 fully saturated rings. The predicted octanol–water partition coefficient (Wildman–Crippen LogP) is 1.95. The van der Waals surface area contributed by atoms with Crippen molar-refractivity contribution in [2.45, 2.75) is 13.3 Å². The summed E-state index contributed by atoms with van der Waals surface area (Å²) in [6.07, 6.45) is 0.246. The Hall–Kier alpha value is -2.04. The van der Waals surface area contributed by atoms with Crippen LogP contribution in [0.15, 0.2) is 29.1 Å². The molecule has 2 rings (SSSR count). The lowest BCUT2D eigenvalue weighted by molar-refractivity contribution is 0.507. The van der Waals surface area contributed by atoms with Crippen molar-refractivity contribution in [2.24, 2.45) is 0 Å². The van der Waals surface area contributed by atoms with Gasteiger partial charge in [-0.25, -0.2) is 13.9 Å². The first kappa shape index (κ1) is 11.4. The third kappa shape index (κ3) is 2.55. The van der Waals surface area contributed by atoms with E-state index in [1.165, 1.54) is 6.07 Å². The maximum atomic E-state index is 13.0. The predicted molar refractivity (Wildman–Crippen MR) is 58.8 cm³/mol. The van der Waals surface area contributed by atoms with Crippen molar-refractivity contribution >= 4 is 0 Å². The number of rotatable bonds is 2. The fraction of sp³-hybridized carbons (Fsp3) is 0.167. The van der Waals surface area contributed by atoms with Gasteiger partial charge in [-0.05, 0) is 30.7 Å². The summed E-state index contributed by atoms with van der Waals surface area (Å²) in [7, 11) is 0. The maximum absolute atomic E-state index is 13.0. The van der Waals surface area contributed by atoms with Crippen LogP contribution in [0.2, 0.25) is 0 Å². The second-order valence-electron chi connectivity index (χ2n) is 3.79. The van der Waals surface area contributed by atoms with Crippen LogP contribution in [-0.4, -0.2) is 10.2 Å². The minimum atomic E-state index is -0.912. The number of nitrogens with one attached hydrogen (secondary N) is 1. The van der Waals surface area contributed by atoms with Crippen molar-refractivity contribution < 1.29 is 8.78 Å². The van der Waals surface area contributed by atoms with Crippen molar-refractivity contribution in [3.8, 4) is 0 Å². The lowest BCUT2D eigenvalue weighted by Crippen LogP contribution is -2.15. The Kier molecular flexibility index (Phi) is 2.99. The number of aryl methyl sites for hydroxylation is 1. The van der Waals surface area contributed by atoms with Gasteiger partial charge in [0.25, 0.3) is 5.56 Å². The van der Waals surface area contributed by atoms with Crippen LogP contribution in [0.1, 0.15) is 16.8 Å². The van der Waals surface area contributed by atoms with E-state index in [-0.39, 0.29) is 12.0 Å². The third-order valence-electron chi connectivity index (χ3n) is 2.39. The third-order valence-corrected chi connectivity index (χ3v) is 2.39. The summed E-state index contributed by atoms with van der Waals surface area (Å²) in [6, 6.07) is 5.21. The van der Waals surface area contributed by atoms with E-state index >= 15 is 0 Å². The monoisotopic (exact) mass is 236 g/mol. The number of benzene rings is 1. The highest BCUT2D eigenvalue weighted by atomic mass is 19.2. The van der Waals surface area contributed by atoms with Crippen molar-refractivity contribution in [1.29, 1.82) is 0 Å². The van der Waals surface area contributed by atoms with Gasteiger partial charge >= 0.3 is 0 Å². The zero-order valence-electron chi connectivity index (χ0n) is 9.13. The molecular weight excluding hydrogens is 226 g/mol. The van der Waals surface area contributed by atoms with Gasteiger partial charge in [-0.3, -0.25) is 4.79 Å². The van der Waals surface area contributed by atoms with Crippen LogP contribution in [-0.2, 0) is 6.42 Å². The quantitative estimate of drug-likeness (QED) is 0.866. The van der Waals surface area contributed by atoms with Gasteiger partial charge in [-0.1, -0.05) is 6.07 Å². The van der Waals surface area contributed by atoms with Crippen LogP contribution in [0, 0.1) is 18.6 Å². The van der Waals surface area contributed by atoms with Crippen molar-refractivity contribution in [1.82, 2.24) is 10.2 Å². The van der Waals surface area contributed by atoms with E-state index in [9.17, 15) is 13.6 Å². The minimum absolute atomic E-state index is 0.246. The Labute approximate surface area is 96.1 Å². The zero-order valence-corrected chi connectivity index (χ0v) is 9.13. The average Bonchev–Trinajstić information content (AvgIpc) is 2.29. The molecule has 0 aliphatic heterocycles. The molecule has 1 aromatic heterocycles. The molecule has 0 spiro atoms. The second-order valence-corrected chi connectivity index (χ2v) is 3.79. The van der Waals surface area contributed by atoms with E-state index in [0.29, 0.717) is 16.8 Å². The molecule has 0 unspecified atom stereocenters. The molecule has 0 amide bonds. The molecule has 88 valence electrons. The fourth-order valence-corrected chi connectivity index (χ4v) is 1.56. The molecule has 1 N–H and O–H groups in total. The van der Waals surface area contributed by atoms with Gasteiger partial charge in [0.2, 0.25) is 0 Å². The second kappa shape index (κ2) is 4.45. The molecule has 2 aromatic rings. The Balaban J connectivity index is 2.34. The summed E-state index contributed by atoms with van der Waals surface area (Å²) >= 11 is 0. The Morgan fingerprint density at radius 2 is 2.00 bits per heavy atom. The van der Waals surface area contributed by atoms with Gasteiger partial charge in [-0.15, -0.1) is 0 Å². The standard InChI is InChI=1S/C12H10F2N2O/c1-7-4-9(12(17)16-15-7)5-8-2-3-10(13)11(14)6-8/h2-4,6H,5H2,1H3,(H,16,17). The number of hydrogen-bond donors (Lipinski definition) is 1. The number of halogens is 2.